The molecule has 1 atom stereocenters. The minimum atomic E-state index is -0.424. The summed E-state index contributed by atoms with van der Waals surface area (Å²) in [5.41, 5.74) is 1.93. The van der Waals surface area contributed by atoms with Crippen LogP contribution in [0.15, 0.2) is 76.2 Å². The Labute approximate surface area is 165 Å². The van der Waals surface area contributed by atoms with Crippen LogP contribution < -0.4 is 10.2 Å². The molecule has 0 spiro atoms. The van der Waals surface area contributed by atoms with Gasteiger partial charge in [0.25, 0.3) is 0 Å². The normalized spacial score (nSPS) is 15.7. The number of aromatic hydroxyl groups is 1. The van der Waals surface area contributed by atoms with Crippen molar-refractivity contribution in [2.75, 3.05) is 0 Å². The number of pyridine rings is 1. The fraction of sp³-hybridized carbons (Fsp3) is 0.0870. The molecule has 0 amide bonds. The van der Waals surface area contributed by atoms with Gasteiger partial charge in [-0.3, -0.25) is 14.6 Å². The summed E-state index contributed by atoms with van der Waals surface area (Å²) in [7, 11) is 0. The lowest BCUT2D eigenvalue weighted by Crippen LogP contribution is -2.22. The molecule has 29 heavy (non-hydrogen) atoms. The number of fused-ring (bicyclic) bond motifs is 3. The molecule has 0 saturated carbocycles. The van der Waals surface area contributed by atoms with Gasteiger partial charge in [0.05, 0.1) is 6.42 Å². The van der Waals surface area contributed by atoms with E-state index in [0.717, 1.165) is 11.1 Å². The molecule has 0 fully saturated rings. The third-order valence-electron chi connectivity index (χ3n) is 5.07. The van der Waals surface area contributed by atoms with E-state index in [1.165, 1.54) is 12.1 Å². The second-order valence-corrected chi connectivity index (χ2v) is 6.87. The largest absolute Gasteiger partial charge is 0.507 e. The van der Waals surface area contributed by atoms with Crippen molar-refractivity contribution in [1.29, 1.82) is 0 Å². The van der Waals surface area contributed by atoms with E-state index in [9.17, 15) is 14.7 Å². The van der Waals surface area contributed by atoms with Gasteiger partial charge >= 0.3 is 5.97 Å². The Kier molecular flexibility index (Phi) is 3.91. The Bertz CT molecular complexity index is 1300. The van der Waals surface area contributed by atoms with Gasteiger partial charge in [-0.2, -0.15) is 0 Å². The zero-order valence-corrected chi connectivity index (χ0v) is 15.2. The first-order valence-electron chi connectivity index (χ1n) is 9.11. The molecule has 5 rings (SSSR count). The number of hydrogen-bond donors (Lipinski definition) is 1. The van der Waals surface area contributed by atoms with Gasteiger partial charge in [-0.15, -0.1) is 0 Å². The smallest absolute Gasteiger partial charge is 0.312 e. The van der Waals surface area contributed by atoms with E-state index in [4.69, 9.17) is 9.15 Å². The summed E-state index contributed by atoms with van der Waals surface area (Å²) in [6.45, 7) is 0. The summed E-state index contributed by atoms with van der Waals surface area (Å²) in [6, 6.07) is 15.5. The molecule has 2 aromatic heterocycles. The van der Waals surface area contributed by atoms with E-state index < -0.39 is 11.9 Å². The molecule has 1 aliphatic heterocycles. The van der Waals surface area contributed by atoms with Crippen molar-refractivity contribution >= 4 is 16.9 Å². The molecule has 1 aliphatic rings. The van der Waals surface area contributed by atoms with Crippen LogP contribution in [0.25, 0.3) is 22.3 Å². The number of carbonyl (C=O) groups excluding carboxylic acids is 1. The van der Waals surface area contributed by atoms with Crippen LogP contribution in [0, 0.1) is 0 Å². The molecular weight excluding hydrogens is 370 g/mol. The molecule has 0 radical (unpaired) electrons. The number of nitrogens with zero attached hydrogens (tertiary/aromatic N) is 1. The minimum absolute atomic E-state index is 0.0651. The molecule has 142 valence electrons. The second-order valence-electron chi connectivity index (χ2n) is 6.87. The Morgan fingerprint density at radius 3 is 2.62 bits per heavy atom. The van der Waals surface area contributed by atoms with Crippen molar-refractivity contribution in [3.63, 3.8) is 0 Å². The van der Waals surface area contributed by atoms with Gasteiger partial charge in [-0.1, -0.05) is 36.4 Å². The Balaban J connectivity index is 1.85. The van der Waals surface area contributed by atoms with Crippen LogP contribution in [-0.4, -0.2) is 16.1 Å². The molecule has 3 heterocycles. The zero-order chi connectivity index (χ0) is 20.0. The zero-order valence-electron chi connectivity index (χ0n) is 15.2. The van der Waals surface area contributed by atoms with Crippen LogP contribution >= 0.6 is 0 Å². The topological polar surface area (TPSA) is 89.6 Å². The lowest BCUT2D eigenvalue weighted by atomic mass is 9.86. The van der Waals surface area contributed by atoms with Gasteiger partial charge < -0.3 is 14.3 Å². The van der Waals surface area contributed by atoms with Crippen LogP contribution in [0.3, 0.4) is 0 Å². The maximum atomic E-state index is 12.8. The molecule has 4 aromatic rings. The number of ether oxygens (including phenoxy) is 1. The number of carbonyl (C=O) groups is 1. The highest BCUT2D eigenvalue weighted by Gasteiger charge is 2.33. The first kappa shape index (κ1) is 17.2. The van der Waals surface area contributed by atoms with E-state index in [2.05, 4.69) is 4.98 Å². The van der Waals surface area contributed by atoms with Crippen LogP contribution in [0.2, 0.25) is 0 Å². The van der Waals surface area contributed by atoms with Crippen LogP contribution in [0.5, 0.6) is 11.5 Å². The van der Waals surface area contributed by atoms with Crippen LogP contribution in [0.4, 0.5) is 0 Å². The fourth-order valence-corrected chi connectivity index (χ4v) is 3.77. The van der Waals surface area contributed by atoms with Gasteiger partial charge in [-0.25, -0.2) is 0 Å². The summed E-state index contributed by atoms with van der Waals surface area (Å²) in [4.78, 5) is 29.2. The van der Waals surface area contributed by atoms with Gasteiger partial charge in [-0.05, 0) is 11.6 Å². The van der Waals surface area contributed by atoms with Gasteiger partial charge in [0.1, 0.15) is 28.2 Å². The number of phenols is 1. The van der Waals surface area contributed by atoms with Gasteiger partial charge in [0.15, 0.2) is 5.43 Å². The first-order chi connectivity index (χ1) is 14.1. The molecule has 0 bridgehead atoms. The number of phenolic OH excluding ortho intramolecular Hbond substituents is 1. The monoisotopic (exact) mass is 385 g/mol. The van der Waals surface area contributed by atoms with E-state index >= 15 is 0 Å². The molecule has 1 N–H and O–H groups in total. The van der Waals surface area contributed by atoms with Gasteiger partial charge in [0, 0.05) is 41.6 Å². The highest BCUT2D eigenvalue weighted by molar-refractivity contribution is 5.93. The lowest BCUT2D eigenvalue weighted by Gasteiger charge is -2.25. The third-order valence-corrected chi connectivity index (χ3v) is 5.07. The SMILES string of the molecule is O=C1C[C@H](c2cccnc2)c2c(cc(O)c3c(=O)cc(-c4ccccc4)oc23)O1. The standard InChI is InChI=1S/C23H15NO5/c25-16-10-18(13-5-2-1-3-6-13)29-23-21-15(14-7-4-8-24-12-14)9-20(27)28-19(21)11-17(26)22(16)23/h1-8,10-12,15,26H,9H2/t15-/m1/s1. The summed E-state index contributed by atoms with van der Waals surface area (Å²) < 4.78 is 11.5. The van der Waals surface area contributed by atoms with Crippen molar-refractivity contribution in [3.8, 4) is 22.8 Å². The van der Waals surface area contributed by atoms with E-state index in [1.807, 2.05) is 36.4 Å². The van der Waals surface area contributed by atoms with E-state index in [1.54, 1.807) is 18.5 Å². The summed E-state index contributed by atoms with van der Waals surface area (Å²) in [6.07, 6.45) is 3.40. The summed E-state index contributed by atoms with van der Waals surface area (Å²) >= 11 is 0. The minimum Gasteiger partial charge on any atom is -0.507 e. The maximum Gasteiger partial charge on any atom is 0.312 e. The van der Waals surface area contributed by atoms with Crippen molar-refractivity contribution in [2.45, 2.75) is 12.3 Å². The number of aromatic nitrogens is 1. The Hall–Kier alpha value is -3.93. The fourth-order valence-electron chi connectivity index (χ4n) is 3.77. The summed E-state index contributed by atoms with van der Waals surface area (Å²) in [5.74, 6) is -0.554. The Morgan fingerprint density at radius 1 is 1.03 bits per heavy atom. The lowest BCUT2D eigenvalue weighted by molar-refractivity contribution is -0.135. The molecule has 6 nitrogen and oxygen atoms in total. The summed E-state index contributed by atoms with van der Waals surface area (Å²) in [5, 5.41) is 10.5. The predicted molar refractivity (Wildman–Crippen MR) is 106 cm³/mol. The quantitative estimate of drug-likeness (QED) is 0.414. The molecule has 6 heteroatoms. The van der Waals surface area contributed by atoms with Crippen LogP contribution in [0.1, 0.15) is 23.5 Å². The first-order valence-corrected chi connectivity index (χ1v) is 9.11. The molecule has 0 aliphatic carbocycles. The maximum absolute atomic E-state index is 12.8. The highest BCUT2D eigenvalue weighted by atomic mass is 16.5. The van der Waals surface area contributed by atoms with Crippen molar-refractivity contribution in [2.24, 2.45) is 0 Å². The van der Waals surface area contributed by atoms with Crippen molar-refractivity contribution < 1.29 is 19.1 Å². The number of benzene rings is 2. The molecular formula is C23H15NO5. The van der Waals surface area contributed by atoms with E-state index in [0.29, 0.717) is 11.3 Å². The van der Waals surface area contributed by atoms with Crippen molar-refractivity contribution in [1.82, 2.24) is 4.98 Å². The molecule has 2 aromatic carbocycles. The average molecular weight is 385 g/mol. The predicted octanol–water partition coefficient (Wildman–Crippen LogP) is 4.00. The van der Waals surface area contributed by atoms with Crippen LogP contribution in [-0.2, 0) is 4.79 Å². The second kappa shape index (κ2) is 6.60. The number of hydrogen-bond acceptors (Lipinski definition) is 6. The number of rotatable bonds is 2. The Morgan fingerprint density at radius 2 is 1.86 bits per heavy atom. The van der Waals surface area contributed by atoms with E-state index in [-0.39, 0.29) is 34.3 Å². The highest BCUT2D eigenvalue weighted by Crippen LogP contribution is 2.45. The third kappa shape index (κ3) is 2.86. The molecule has 0 unspecified atom stereocenters. The van der Waals surface area contributed by atoms with Crippen molar-refractivity contribution in [3.05, 3.63) is 88.3 Å². The van der Waals surface area contributed by atoms with Gasteiger partial charge in [0.2, 0.25) is 0 Å². The average Bonchev–Trinajstić information content (AvgIpc) is 2.73. The number of esters is 1. The molecule has 0 saturated heterocycles.